The monoisotopic (exact) mass is 519 g/mol. The highest BCUT2D eigenvalue weighted by atomic mass is 127. The van der Waals surface area contributed by atoms with Gasteiger partial charge in [-0.05, 0) is 39.5 Å². The number of aryl methyl sites for hydroxylation is 1. The van der Waals surface area contributed by atoms with Gasteiger partial charge >= 0.3 is 0 Å². The lowest BCUT2D eigenvalue weighted by Gasteiger charge is -2.31. The second kappa shape index (κ2) is 12.3. The maximum absolute atomic E-state index is 12.2. The molecule has 0 aliphatic heterocycles. The highest BCUT2D eigenvalue weighted by Crippen LogP contribution is 2.23. The van der Waals surface area contributed by atoms with E-state index in [0.717, 1.165) is 25.2 Å². The van der Waals surface area contributed by atoms with Crippen molar-refractivity contribution in [3.8, 4) is 0 Å². The number of carbonyl (C=O) groups is 1. The number of rotatable bonds is 7. The number of hydrogen-bond donors (Lipinski definition) is 3. The topological polar surface area (TPSA) is 96.2 Å². The van der Waals surface area contributed by atoms with Gasteiger partial charge in [0.25, 0.3) is 0 Å². The summed E-state index contributed by atoms with van der Waals surface area (Å²) < 4.78 is 2.04. The SMILES string of the molecule is CCc1nncn1CCNC(=NCC(=O)NC(C)(C)C)NC1CCCCC1C.I. The number of nitrogens with one attached hydrogen (secondary N) is 3. The van der Waals surface area contributed by atoms with Gasteiger partial charge < -0.3 is 20.5 Å². The standard InChI is InChI=1S/C20H37N7O.HI/c1-6-17-26-23-14-27(17)12-11-21-19(22-13-18(28)25-20(3,4)5)24-16-10-8-7-9-15(16)2;/h14-16H,6-13H2,1-5H3,(H,25,28)(H2,21,22,24);1H. The number of carbonyl (C=O) groups excluding carboxylic acids is 1. The average molecular weight is 519 g/mol. The van der Waals surface area contributed by atoms with Crippen LogP contribution in [0.15, 0.2) is 11.3 Å². The summed E-state index contributed by atoms with van der Waals surface area (Å²) in [7, 11) is 0. The van der Waals surface area contributed by atoms with Crippen molar-refractivity contribution >= 4 is 35.8 Å². The zero-order valence-corrected chi connectivity index (χ0v) is 20.8. The van der Waals surface area contributed by atoms with Crippen molar-refractivity contribution in [1.82, 2.24) is 30.7 Å². The normalized spacial score (nSPS) is 20.0. The molecule has 2 atom stereocenters. The van der Waals surface area contributed by atoms with Crippen LogP contribution in [-0.2, 0) is 17.8 Å². The third kappa shape index (κ3) is 9.31. The van der Waals surface area contributed by atoms with Crippen LogP contribution in [0.5, 0.6) is 0 Å². The van der Waals surface area contributed by atoms with Gasteiger partial charge in [-0.2, -0.15) is 0 Å². The molecule has 9 heteroatoms. The first-order chi connectivity index (χ1) is 13.3. The summed E-state index contributed by atoms with van der Waals surface area (Å²) in [6.07, 6.45) is 7.51. The highest BCUT2D eigenvalue weighted by Gasteiger charge is 2.22. The second-order valence-electron chi connectivity index (χ2n) is 8.70. The molecule has 1 fully saturated rings. The fourth-order valence-corrected chi connectivity index (χ4v) is 3.50. The van der Waals surface area contributed by atoms with Crippen molar-refractivity contribution in [3.05, 3.63) is 12.2 Å². The number of nitrogens with zero attached hydrogens (tertiary/aromatic N) is 4. The molecule has 29 heavy (non-hydrogen) atoms. The summed E-state index contributed by atoms with van der Waals surface area (Å²) in [4.78, 5) is 16.7. The summed E-state index contributed by atoms with van der Waals surface area (Å²) in [6.45, 7) is 11.8. The zero-order chi connectivity index (χ0) is 20.6. The number of halogens is 1. The Bertz CT molecular complexity index is 654. The molecule has 8 nitrogen and oxygen atoms in total. The Morgan fingerprint density at radius 2 is 2.03 bits per heavy atom. The van der Waals surface area contributed by atoms with Crippen LogP contribution in [0.2, 0.25) is 0 Å². The van der Waals surface area contributed by atoms with Crippen LogP contribution < -0.4 is 16.0 Å². The van der Waals surface area contributed by atoms with Crippen molar-refractivity contribution < 1.29 is 4.79 Å². The maximum atomic E-state index is 12.2. The molecular weight excluding hydrogens is 481 g/mol. The third-order valence-electron chi connectivity index (χ3n) is 4.99. The van der Waals surface area contributed by atoms with Gasteiger partial charge in [-0.3, -0.25) is 4.79 Å². The first-order valence-corrected chi connectivity index (χ1v) is 10.5. The lowest BCUT2D eigenvalue weighted by Crippen LogP contribution is -2.48. The van der Waals surface area contributed by atoms with Crippen LogP contribution in [0.1, 0.15) is 66.1 Å². The minimum Gasteiger partial charge on any atom is -0.355 e. The quantitative estimate of drug-likeness (QED) is 0.292. The van der Waals surface area contributed by atoms with Gasteiger partial charge in [0.1, 0.15) is 18.7 Å². The molecule has 0 spiro atoms. The van der Waals surface area contributed by atoms with E-state index in [9.17, 15) is 4.79 Å². The molecule has 1 heterocycles. The zero-order valence-electron chi connectivity index (χ0n) is 18.5. The Hall–Kier alpha value is -1.39. The van der Waals surface area contributed by atoms with Crippen LogP contribution in [0.25, 0.3) is 0 Å². The number of aliphatic imine (C=N–C) groups is 1. The minimum absolute atomic E-state index is 0. The third-order valence-corrected chi connectivity index (χ3v) is 4.99. The molecule has 2 unspecified atom stereocenters. The second-order valence-corrected chi connectivity index (χ2v) is 8.70. The molecule has 1 amide bonds. The van der Waals surface area contributed by atoms with E-state index in [-0.39, 0.29) is 42.0 Å². The molecule has 1 aromatic heterocycles. The van der Waals surface area contributed by atoms with Crippen LogP contribution in [-0.4, -0.2) is 51.3 Å². The van der Waals surface area contributed by atoms with Gasteiger partial charge in [-0.25, -0.2) is 4.99 Å². The van der Waals surface area contributed by atoms with E-state index in [0.29, 0.717) is 24.5 Å². The summed E-state index contributed by atoms with van der Waals surface area (Å²) in [5.41, 5.74) is -0.253. The molecule has 3 N–H and O–H groups in total. The van der Waals surface area contributed by atoms with Crippen LogP contribution in [0.3, 0.4) is 0 Å². The fraction of sp³-hybridized carbons (Fsp3) is 0.800. The molecule has 1 aliphatic carbocycles. The van der Waals surface area contributed by atoms with E-state index < -0.39 is 0 Å². The fourth-order valence-electron chi connectivity index (χ4n) is 3.50. The smallest absolute Gasteiger partial charge is 0.242 e. The minimum atomic E-state index is -0.253. The van der Waals surface area contributed by atoms with Crippen molar-refractivity contribution in [2.24, 2.45) is 10.9 Å². The molecule has 166 valence electrons. The van der Waals surface area contributed by atoms with Crippen molar-refractivity contribution in [3.63, 3.8) is 0 Å². The molecule has 0 saturated heterocycles. The number of amides is 1. The Morgan fingerprint density at radius 3 is 2.69 bits per heavy atom. The number of aromatic nitrogens is 3. The van der Waals surface area contributed by atoms with Gasteiger partial charge in [0.05, 0.1) is 0 Å². The van der Waals surface area contributed by atoms with E-state index in [4.69, 9.17) is 0 Å². The van der Waals surface area contributed by atoms with E-state index in [1.165, 1.54) is 19.3 Å². The number of hydrogen-bond acceptors (Lipinski definition) is 4. The van der Waals surface area contributed by atoms with E-state index in [2.05, 4.69) is 45.0 Å². The molecular formula is C20H38IN7O. The van der Waals surface area contributed by atoms with E-state index in [1.807, 2.05) is 25.3 Å². The largest absolute Gasteiger partial charge is 0.355 e. The van der Waals surface area contributed by atoms with Crippen LogP contribution in [0, 0.1) is 5.92 Å². The van der Waals surface area contributed by atoms with Crippen LogP contribution in [0.4, 0.5) is 0 Å². The molecule has 2 rings (SSSR count). The van der Waals surface area contributed by atoms with Gasteiger partial charge in [0.15, 0.2) is 5.96 Å². The maximum Gasteiger partial charge on any atom is 0.242 e. The first-order valence-electron chi connectivity index (χ1n) is 10.5. The predicted molar refractivity (Wildman–Crippen MR) is 128 cm³/mol. The molecule has 0 bridgehead atoms. The van der Waals surface area contributed by atoms with Crippen LogP contribution >= 0.6 is 24.0 Å². The van der Waals surface area contributed by atoms with Gasteiger partial charge in [-0.15, -0.1) is 34.2 Å². The Balaban J connectivity index is 0.00000420. The summed E-state index contributed by atoms with van der Waals surface area (Å²) in [5.74, 6) is 2.21. The average Bonchev–Trinajstić information content (AvgIpc) is 3.07. The Labute approximate surface area is 192 Å². The van der Waals surface area contributed by atoms with Crippen molar-refractivity contribution in [2.45, 2.75) is 84.8 Å². The molecule has 0 radical (unpaired) electrons. The molecule has 1 saturated carbocycles. The van der Waals surface area contributed by atoms with Gasteiger partial charge in [-0.1, -0.05) is 26.7 Å². The summed E-state index contributed by atoms with van der Waals surface area (Å²) in [5, 5.41) is 18.0. The van der Waals surface area contributed by atoms with Gasteiger partial charge in [0.2, 0.25) is 5.91 Å². The lowest BCUT2D eigenvalue weighted by atomic mass is 9.86. The first kappa shape index (κ1) is 25.6. The highest BCUT2D eigenvalue weighted by molar-refractivity contribution is 14.0. The number of guanidine groups is 1. The Morgan fingerprint density at radius 1 is 1.31 bits per heavy atom. The van der Waals surface area contributed by atoms with Crippen molar-refractivity contribution in [1.29, 1.82) is 0 Å². The summed E-state index contributed by atoms with van der Waals surface area (Å²) in [6, 6.07) is 0.395. The van der Waals surface area contributed by atoms with E-state index in [1.54, 1.807) is 6.33 Å². The predicted octanol–water partition coefficient (Wildman–Crippen LogP) is 2.49. The molecule has 1 aliphatic rings. The molecule has 1 aromatic rings. The molecule has 0 aromatic carbocycles. The van der Waals surface area contributed by atoms with Crippen molar-refractivity contribution in [2.75, 3.05) is 13.1 Å². The lowest BCUT2D eigenvalue weighted by molar-refractivity contribution is -0.121. The summed E-state index contributed by atoms with van der Waals surface area (Å²) >= 11 is 0. The van der Waals surface area contributed by atoms with E-state index >= 15 is 0 Å². The van der Waals surface area contributed by atoms with Gasteiger partial charge in [0, 0.05) is 31.1 Å². The Kier molecular flexibility index (Phi) is 10.9.